The molecule has 7 heteroatoms. The van der Waals surface area contributed by atoms with Gasteiger partial charge in [0.25, 0.3) is 5.91 Å². The van der Waals surface area contributed by atoms with Crippen molar-refractivity contribution in [2.45, 2.75) is 25.8 Å². The molecule has 0 saturated carbocycles. The fourth-order valence-electron chi connectivity index (χ4n) is 2.73. The zero-order chi connectivity index (χ0) is 16.9. The van der Waals surface area contributed by atoms with E-state index in [2.05, 4.69) is 15.6 Å². The third-order valence-electron chi connectivity index (χ3n) is 3.99. The van der Waals surface area contributed by atoms with Crippen LogP contribution in [-0.2, 0) is 4.79 Å². The minimum atomic E-state index is -0.203. The van der Waals surface area contributed by atoms with Gasteiger partial charge < -0.3 is 15.5 Å². The van der Waals surface area contributed by atoms with Crippen LogP contribution < -0.4 is 10.6 Å². The van der Waals surface area contributed by atoms with E-state index in [0.29, 0.717) is 25.2 Å². The summed E-state index contributed by atoms with van der Waals surface area (Å²) in [6.07, 6.45) is 1.28. The molecular weight excluding hydrogens is 324 g/mol. The lowest BCUT2D eigenvalue weighted by Crippen LogP contribution is -2.38. The Morgan fingerprint density at radius 2 is 2.12 bits per heavy atom. The van der Waals surface area contributed by atoms with Crippen molar-refractivity contribution in [1.29, 1.82) is 0 Å². The summed E-state index contributed by atoms with van der Waals surface area (Å²) in [5.74, 6) is -0.0719. The van der Waals surface area contributed by atoms with Crippen molar-refractivity contribution in [2.75, 3.05) is 18.4 Å². The van der Waals surface area contributed by atoms with Gasteiger partial charge in [0.1, 0.15) is 5.00 Å². The number of benzene rings is 1. The largest absolute Gasteiger partial charge is 0.346 e. The maximum atomic E-state index is 12.5. The zero-order valence-corrected chi connectivity index (χ0v) is 14.3. The van der Waals surface area contributed by atoms with E-state index in [1.54, 1.807) is 10.4 Å². The van der Waals surface area contributed by atoms with Crippen molar-refractivity contribution in [1.82, 2.24) is 15.2 Å². The number of hydrogen-bond donors (Lipinski definition) is 2. The molecule has 2 aromatic rings. The molecule has 1 saturated heterocycles. The number of nitrogens with one attached hydrogen (secondary N) is 2. The molecule has 2 heterocycles. The normalized spacial score (nSPS) is 16.9. The minimum absolute atomic E-state index is 0.0146. The summed E-state index contributed by atoms with van der Waals surface area (Å²) in [6.45, 7) is 3.12. The monoisotopic (exact) mass is 344 g/mol. The molecule has 0 bridgehead atoms. The number of anilines is 2. The first-order valence-electron chi connectivity index (χ1n) is 8.01. The van der Waals surface area contributed by atoms with Crippen LogP contribution in [0.25, 0.3) is 0 Å². The van der Waals surface area contributed by atoms with Gasteiger partial charge >= 0.3 is 0 Å². The van der Waals surface area contributed by atoms with Gasteiger partial charge in [-0.1, -0.05) is 25.1 Å². The van der Waals surface area contributed by atoms with Crippen molar-refractivity contribution in [3.63, 3.8) is 0 Å². The maximum Gasteiger partial charge on any atom is 0.273 e. The van der Waals surface area contributed by atoms with Crippen LogP contribution >= 0.6 is 11.3 Å². The van der Waals surface area contributed by atoms with Crippen molar-refractivity contribution < 1.29 is 9.59 Å². The molecule has 6 nitrogen and oxygen atoms in total. The van der Waals surface area contributed by atoms with E-state index in [1.807, 2.05) is 37.3 Å². The number of carbonyl (C=O) groups is 2. The highest BCUT2D eigenvalue weighted by molar-refractivity contribution is 7.14. The van der Waals surface area contributed by atoms with Gasteiger partial charge in [-0.05, 0) is 18.6 Å². The lowest BCUT2D eigenvalue weighted by atomic mass is 10.2. The van der Waals surface area contributed by atoms with Crippen LogP contribution in [0.3, 0.4) is 0 Å². The SMILES string of the molecule is CCC(=O)N1CC[C@@H](NC(=O)c2ncsc2Nc2ccccc2)C1. The van der Waals surface area contributed by atoms with Crippen molar-refractivity contribution in [2.24, 2.45) is 0 Å². The summed E-state index contributed by atoms with van der Waals surface area (Å²) < 4.78 is 0. The molecule has 0 aliphatic carbocycles. The second-order valence-corrected chi connectivity index (χ2v) is 6.53. The lowest BCUT2D eigenvalue weighted by Gasteiger charge is -2.16. The fourth-order valence-corrected chi connectivity index (χ4v) is 3.43. The summed E-state index contributed by atoms with van der Waals surface area (Å²) in [6, 6.07) is 9.66. The number of hydrogen-bond acceptors (Lipinski definition) is 5. The summed E-state index contributed by atoms with van der Waals surface area (Å²) >= 11 is 1.39. The van der Waals surface area contributed by atoms with Gasteiger partial charge in [-0.2, -0.15) is 0 Å². The zero-order valence-electron chi connectivity index (χ0n) is 13.5. The first-order chi connectivity index (χ1) is 11.7. The quantitative estimate of drug-likeness (QED) is 0.874. The van der Waals surface area contributed by atoms with Gasteiger partial charge in [0.05, 0.1) is 5.51 Å². The Morgan fingerprint density at radius 1 is 1.33 bits per heavy atom. The summed E-state index contributed by atoms with van der Waals surface area (Å²) in [7, 11) is 0. The van der Waals surface area contributed by atoms with Crippen molar-refractivity contribution in [3.05, 3.63) is 41.5 Å². The molecule has 126 valence electrons. The van der Waals surface area contributed by atoms with Gasteiger partial charge in [-0.15, -0.1) is 11.3 Å². The number of thiazole rings is 1. The molecule has 0 spiro atoms. The van der Waals surface area contributed by atoms with Crippen LogP contribution in [0.15, 0.2) is 35.8 Å². The Bertz CT molecular complexity index is 716. The second-order valence-electron chi connectivity index (χ2n) is 5.67. The maximum absolute atomic E-state index is 12.5. The standard InChI is InChI=1S/C17H20N4O2S/c1-2-14(22)21-9-8-13(10-21)19-16(23)15-17(24-11-18-15)20-12-6-4-3-5-7-12/h3-7,11,13,20H,2,8-10H2,1H3,(H,19,23)/t13-/m1/s1. The summed E-state index contributed by atoms with van der Waals surface area (Å²) in [5.41, 5.74) is 2.96. The molecule has 1 aromatic carbocycles. The highest BCUT2D eigenvalue weighted by Gasteiger charge is 2.27. The number of rotatable bonds is 5. The van der Waals surface area contributed by atoms with Crippen LogP contribution in [0.2, 0.25) is 0 Å². The average molecular weight is 344 g/mol. The Labute approximate surface area is 144 Å². The minimum Gasteiger partial charge on any atom is -0.346 e. The molecule has 0 radical (unpaired) electrons. The fraction of sp³-hybridized carbons (Fsp3) is 0.353. The van der Waals surface area contributed by atoms with E-state index >= 15 is 0 Å². The molecule has 1 aliphatic rings. The van der Waals surface area contributed by atoms with Crippen LogP contribution in [0.5, 0.6) is 0 Å². The van der Waals surface area contributed by atoms with E-state index in [4.69, 9.17) is 0 Å². The van der Waals surface area contributed by atoms with Crippen LogP contribution in [0.1, 0.15) is 30.3 Å². The van der Waals surface area contributed by atoms with E-state index in [-0.39, 0.29) is 17.9 Å². The third-order valence-corrected chi connectivity index (χ3v) is 4.73. The number of likely N-dealkylation sites (tertiary alicyclic amines) is 1. The number of amides is 2. The molecule has 1 aromatic heterocycles. The van der Waals surface area contributed by atoms with Crippen LogP contribution in [0.4, 0.5) is 10.7 Å². The molecule has 0 unspecified atom stereocenters. The average Bonchev–Trinajstić information content (AvgIpc) is 3.24. The number of aromatic nitrogens is 1. The van der Waals surface area contributed by atoms with Gasteiger partial charge in [-0.3, -0.25) is 9.59 Å². The Kier molecular flexibility index (Phi) is 5.10. The number of carbonyl (C=O) groups excluding carboxylic acids is 2. The second kappa shape index (κ2) is 7.44. The van der Waals surface area contributed by atoms with Crippen LogP contribution in [-0.4, -0.2) is 40.8 Å². The molecule has 2 N–H and O–H groups in total. The van der Waals surface area contributed by atoms with Gasteiger partial charge in [0.15, 0.2) is 5.69 Å². The summed E-state index contributed by atoms with van der Waals surface area (Å²) in [5, 5.41) is 6.93. The van der Waals surface area contributed by atoms with Crippen LogP contribution in [0, 0.1) is 0 Å². The molecule has 1 aliphatic heterocycles. The van der Waals surface area contributed by atoms with Gasteiger partial charge in [0.2, 0.25) is 5.91 Å². The molecule has 24 heavy (non-hydrogen) atoms. The summed E-state index contributed by atoms with van der Waals surface area (Å²) in [4.78, 5) is 30.2. The Balaban J connectivity index is 1.62. The highest BCUT2D eigenvalue weighted by Crippen LogP contribution is 2.25. The molecule has 1 fully saturated rings. The van der Waals surface area contributed by atoms with E-state index in [9.17, 15) is 9.59 Å². The highest BCUT2D eigenvalue weighted by atomic mass is 32.1. The Hall–Kier alpha value is -2.41. The topological polar surface area (TPSA) is 74.3 Å². The van der Waals surface area contributed by atoms with E-state index in [1.165, 1.54) is 11.3 Å². The third kappa shape index (κ3) is 3.73. The Morgan fingerprint density at radius 3 is 2.88 bits per heavy atom. The van der Waals surface area contributed by atoms with Gasteiger partial charge in [-0.25, -0.2) is 4.98 Å². The van der Waals surface area contributed by atoms with E-state index in [0.717, 1.165) is 17.1 Å². The number of para-hydroxylation sites is 1. The van der Waals surface area contributed by atoms with Gasteiger partial charge in [0, 0.05) is 31.2 Å². The molecule has 2 amide bonds. The predicted molar refractivity (Wildman–Crippen MR) is 94.6 cm³/mol. The van der Waals surface area contributed by atoms with Crippen molar-refractivity contribution in [3.8, 4) is 0 Å². The number of nitrogens with zero attached hydrogens (tertiary/aromatic N) is 2. The smallest absolute Gasteiger partial charge is 0.273 e. The molecular formula is C17H20N4O2S. The van der Waals surface area contributed by atoms with E-state index < -0.39 is 0 Å². The first-order valence-corrected chi connectivity index (χ1v) is 8.89. The first kappa shape index (κ1) is 16.4. The lowest BCUT2D eigenvalue weighted by molar-refractivity contribution is -0.129. The molecule has 3 rings (SSSR count). The molecule has 1 atom stereocenters. The van der Waals surface area contributed by atoms with Crippen molar-refractivity contribution >= 4 is 33.8 Å². The predicted octanol–water partition coefficient (Wildman–Crippen LogP) is 2.63.